The van der Waals surface area contributed by atoms with E-state index in [-0.39, 0.29) is 5.43 Å². The van der Waals surface area contributed by atoms with Crippen molar-refractivity contribution in [3.63, 3.8) is 0 Å². The largest absolute Gasteiger partial charge is 0.463 e. The van der Waals surface area contributed by atoms with E-state index in [0.717, 1.165) is 22.3 Å². The lowest BCUT2D eigenvalue weighted by Crippen LogP contribution is -2.03. The standard InChI is InChI=1S/C19H16N2O3/c1-2-24-19(23)8-6-13-5-7-16-15(10-13)18(22)11-17(21-16)14-4-3-9-20-12-14/h3-12H,2H2,1H3,(H,21,22)/b8-6+. The number of nitrogens with zero attached hydrogens (tertiary/aromatic N) is 1. The van der Waals surface area contributed by atoms with Crippen LogP contribution in [0.1, 0.15) is 12.5 Å². The average Bonchev–Trinajstić information content (AvgIpc) is 2.61. The number of esters is 1. The molecule has 2 heterocycles. The topological polar surface area (TPSA) is 72.1 Å². The molecule has 0 saturated heterocycles. The molecule has 0 aliphatic heterocycles. The molecule has 24 heavy (non-hydrogen) atoms. The quantitative estimate of drug-likeness (QED) is 0.592. The molecule has 2 aromatic heterocycles. The third-order valence-corrected chi connectivity index (χ3v) is 3.52. The molecule has 0 amide bonds. The predicted octanol–water partition coefficient (Wildman–Crippen LogP) is 3.17. The lowest BCUT2D eigenvalue weighted by Gasteiger charge is -2.05. The number of benzene rings is 1. The van der Waals surface area contributed by atoms with Crippen LogP contribution in [0.4, 0.5) is 0 Å². The zero-order valence-electron chi connectivity index (χ0n) is 13.2. The Kier molecular flexibility index (Phi) is 4.52. The van der Waals surface area contributed by atoms with E-state index < -0.39 is 5.97 Å². The minimum absolute atomic E-state index is 0.0889. The van der Waals surface area contributed by atoms with E-state index in [1.165, 1.54) is 6.08 Å². The highest BCUT2D eigenvalue weighted by molar-refractivity contribution is 5.89. The Labute approximate surface area is 138 Å². The first-order valence-corrected chi connectivity index (χ1v) is 7.59. The Bertz CT molecular complexity index is 959. The first kappa shape index (κ1) is 15.7. The van der Waals surface area contributed by atoms with Gasteiger partial charge in [0, 0.05) is 41.0 Å². The molecule has 0 fully saturated rings. The molecule has 120 valence electrons. The SMILES string of the molecule is CCOC(=O)/C=C/c1ccc2[nH]c(-c3cccnc3)cc(=O)c2c1. The van der Waals surface area contributed by atoms with Crippen LogP contribution in [0.5, 0.6) is 0 Å². The van der Waals surface area contributed by atoms with Crippen LogP contribution in [0.25, 0.3) is 28.2 Å². The second kappa shape index (κ2) is 6.91. The van der Waals surface area contributed by atoms with Gasteiger partial charge in [0.25, 0.3) is 0 Å². The van der Waals surface area contributed by atoms with Crippen molar-refractivity contribution in [3.8, 4) is 11.3 Å². The molecule has 1 N–H and O–H groups in total. The van der Waals surface area contributed by atoms with Crippen LogP contribution in [-0.2, 0) is 9.53 Å². The number of carbonyl (C=O) groups is 1. The Morgan fingerprint density at radius 3 is 2.92 bits per heavy atom. The molecule has 0 aliphatic carbocycles. The van der Waals surface area contributed by atoms with Crippen molar-refractivity contribution in [2.24, 2.45) is 0 Å². The van der Waals surface area contributed by atoms with Crippen LogP contribution in [-0.4, -0.2) is 22.5 Å². The van der Waals surface area contributed by atoms with Crippen molar-refractivity contribution in [1.29, 1.82) is 0 Å². The summed E-state index contributed by atoms with van der Waals surface area (Å²) < 4.78 is 4.84. The fourth-order valence-electron chi connectivity index (χ4n) is 2.40. The number of ether oxygens (including phenoxy) is 1. The highest BCUT2D eigenvalue weighted by Gasteiger charge is 2.05. The summed E-state index contributed by atoms with van der Waals surface area (Å²) in [6.07, 6.45) is 6.37. The highest BCUT2D eigenvalue weighted by Crippen LogP contribution is 2.18. The third kappa shape index (κ3) is 3.41. The molecule has 1 aromatic carbocycles. The van der Waals surface area contributed by atoms with Crippen molar-refractivity contribution in [2.75, 3.05) is 6.61 Å². The molecule has 3 aromatic rings. The van der Waals surface area contributed by atoms with Gasteiger partial charge in [-0.3, -0.25) is 9.78 Å². The molecule has 0 saturated carbocycles. The van der Waals surface area contributed by atoms with Gasteiger partial charge >= 0.3 is 5.97 Å². The Morgan fingerprint density at radius 2 is 2.17 bits per heavy atom. The molecule has 0 bridgehead atoms. The maximum absolute atomic E-state index is 12.4. The summed E-state index contributed by atoms with van der Waals surface area (Å²) >= 11 is 0. The average molecular weight is 320 g/mol. The van der Waals surface area contributed by atoms with E-state index in [1.54, 1.807) is 37.5 Å². The number of hydrogen-bond acceptors (Lipinski definition) is 4. The number of aromatic nitrogens is 2. The van der Waals surface area contributed by atoms with Crippen LogP contribution in [0.3, 0.4) is 0 Å². The van der Waals surface area contributed by atoms with Crippen molar-refractivity contribution < 1.29 is 9.53 Å². The zero-order valence-corrected chi connectivity index (χ0v) is 13.2. The number of hydrogen-bond donors (Lipinski definition) is 1. The predicted molar refractivity (Wildman–Crippen MR) is 93.5 cm³/mol. The van der Waals surface area contributed by atoms with Crippen molar-refractivity contribution in [2.45, 2.75) is 6.92 Å². The zero-order chi connectivity index (χ0) is 16.9. The van der Waals surface area contributed by atoms with Gasteiger partial charge < -0.3 is 9.72 Å². The minimum atomic E-state index is -0.404. The lowest BCUT2D eigenvalue weighted by atomic mass is 10.1. The third-order valence-electron chi connectivity index (χ3n) is 3.52. The number of H-pyrrole nitrogens is 1. The molecule has 0 spiro atoms. The van der Waals surface area contributed by atoms with E-state index in [0.29, 0.717) is 12.0 Å². The number of rotatable bonds is 4. The summed E-state index contributed by atoms with van der Waals surface area (Å²) in [5.41, 5.74) is 2.97. The van der Waals surface area contributed by atoms with Gasteiger partial charge in [-0.2, -0.15) is 0 Å². The molecule has 5 nitrogen and oxygen atoms in total. The molecule has 3 rings (SSSR count). The summed E-state index contributed by atoms with van der Waals surface area (Å²) in [5, 5.41) is 0.564. The molecule has 0 aliphatic rings. The van der Waals surface area contributed by atoms with Gasteiger partial charge in [0.05, 0.1) is 12.3 Å². The normalized spacial score (nSPS) is 11.0. The monoisotopic (exact) mass is 320 g/mol. The molecular weight excluding hydrogens is 304 g/mol. The Morgan fingerprint density at radius 1 is 1.29 bits per heavy atom. The maximum atomic E-state index is 12.4. The van der Waals surface area contributed by atoms with Gasteiger partial charge in [-0.25, -0.2) is 4.79 Å². The highest BCUT2D eigenvalue weighted by atomic mass is 16.5. The second-order valence-electron chi connectivity index (χ2n) is 5.18. The Hall–Kier alpha value is -3.21. The number of fused-ring (bicyclic) bond motifs is 1. The number of aromatic amines is 1. The van der Waals surface area contributed by atoms with E-state index in [1.807, 2.05) is 24.3 Å². The summed E-state index contributed by atoms with van der Waals surface area (Å²) in [7, 11) is 0. The summed E-state index contributed by atoms with van der Waals surface area (Å²) in [6, 6.07) is 10.7. The molecule has 0 atom stereocenters. The van der Waals surface area contributed by atoms with Crippen molar-refractivity contribution in [1.82, 2.24) is 9.97 Å². The van der Waals surface area contributed by atoms with Crippen molar-refractivity contribution in [3.05, 3.63) is 70.7 Å². The van der Waals surface area contributed by atoms with E-state index in [9.17, 15) is 9.59 Å². The summed E-state index contributed by atoms with van der Waals surface area (Å²) in [6.45, 7) is 2.08. The Balaban J connectivity index is 1.98. The van der Waals surface area contributed by atoms with Gasteiger partial charge in [-0.15, -0.1) is 0 Å². The number of pyridine rings is 2. The maximum Gasteiger partial charge on any atom is 0.330 e. The smallest absolute Gasteiger partial charge is 0.330 e. The number of nitrogens with one attached hydrogen (secondary N) is 1. The fourth-order valence-corrected chi connectivity index (χ4v) is 2.40. The van der Waals surface area contributed by atoms with E-state index >= 15 is 0 Å². The molecular formula is C19H16N2O3. The minimum Gasteiger partial charge on any atom is -0.463 e. The molecule has 0 unspecified atom stereocenters. The van der Waals surface area contributed by atoms with Gasteiger partial charge in [0.15, 0.2) is 5.43 Å². The van der Waals surface area contributed by atoms with Gasteiger partial charge in [0.1, 0.15) is 0 Å². The summed E-state index contributed by atoms with van der Waals surface area (Å²) in [4.78, 5) is 31.1. The van der Waals surface area contributed by atoms with E-state index in [4.69, 9.17) is 4.74 Å². The summed E-state index contributed by atoms with van der Waals surface area (Å²) in [5.74, 6) is -0.404. The first-order chi connectivity index (χ1) is 11.7. The van der Waals surface area contributed by atoms with Gasteiger partial charge in [-0.1, -0.05) is 6.07 Å². The molecule has 0 radical (unpaired) electrons. The fraction of sp³-hybridized carbons (Fsp3) is 0.105. The second-order valence-corrected chi connectivity index (χ2v) is 5.18. The van der Waals surface area contributed by atoms with Crippen LogP contribution in [0.2, 0.25) is 0 Å². The lowest BCUT2D eigenvalue weighted by molar-refractivity contribution is -0.137. The van der Waals surface area contributed by atoms with Crippen LogP contribution < -0.4 is 5.43 Å². The van der Waals surface area contributed by atoms with Crippen LogP contribution in [0, 0.1) is 0 Å². The van der Waals surface area contributed by atoms with E-state index in [2.05, 4.69) is 9.97 Å². The first-order valence-electron chi connectivity index (χ1n) is 7.59. The van der Waals surface area contributed by atoms with Crippen molar-refractivity contribution >= 4 is 22.9 Å². The van der Waals surface area contributed by atoms with Crippen LogP contribution >= 0.6 is 0 Å². The number of carbonyl (C=O) groups excluding carboxylic acids is 1. The van der Waals surface area contributed by atoms with Crippen LogP contribution in [0.15, 0.2) is 59.7 Å². The van der Waals surface area contributed by atoms with Gasteiger partial charge in [0.2, 0.25) is 0 Å². The molecule has 5 heteroatoms. The van der Waals surface area contributed by atoms with Gasteiger partial charge in [-0.05, 0) is 42.8 Å².